The van der Waals surface area contributed by atoms with Gasteiger partial charge in [-0.3, -0.25) is 4.98 Å². The number of anilines is 2. The summed E-state index contributed by atoms with van der Waals surface area (Å²) in [5.41, 5.74) is 0. The highest BCUT2D eigenvalue weighted by molar-refractivity contribution is 7.09. The lowest BCUT2D eigenvalue weighted by Gasteiger charge is -2.34. The molecule has 7 nitrogen and oxygen atoms in total. The van der Waals surface area contributed by atoms with Gasteiger partial charge in [0.1, 0.15) is 5.82 Å². The summed E-state index contributed by atoms with van der Waals surface area (Å²) in [6.45, 7) is 6.34. The van der Waals surface area contributed by atoms with Crippen LogP contribution in [0.15, 0.2) is 12.4 Å². The van der Waals surface area contributed by atoms with Crippen molar-refractivity contribution in [3.05, 3.63) is 18.2 Å². The fraction of sp³-hybridized carbons (Fsp3) is 0.647. The Kier molecular flexibility index (Phi) is 4.96. The first kappa shape index (κ1) is 16.5. The zero-order chi connectivity index (χ0) is 17.1. The summed E-state index contributed by atoms with van der Waals surface area (Å²) in [7, 11) is 0. The first-order valence-corrected chi connectivity index (χ1v) is 9.80. The van der Waals surface area contributed by atoms with Gasteiger partial charge in [-0.25, -0.2) is 4.98 Å². The van der Waals surface area contributed by atoms with Gasteiger partial charge in [0.15, 0.2) is 5.82 Å². The number of nitrogens with zero attached hydrogens (tertiary/aromatic N) is 6. The van der Waals surface area contributed by atoms with Gasteiger partial charge >= 0.3 is 0 Å². The molecule has 0 N–H and O–H groups in total. The maximum atomic E-state index is 5.89. The molecule has 8 heteroatoms. The highest BCUT2D eigenvalue weighted by Gasteiger charge is 2.21. The molecule has 0 spiro atoms. The molecule has 4 rings (SSSR count). The maximum Gasteiger partial charge on any atom is 0.234 e. The molecule has 0 amide bonds. The maximum absolute atomic E-state index is 5.89. The number of hydrogen-bond acceptors (Lipinski definition) is 8. The van der Waals surface area contributed by atoms with Crippen LogP contribution in [-0.4, -0.2) is 52.1 Å². The molecule has 2 aliphatic rings. The molecule has 2 aromatic rings. The minimum Gasteiger partial charge on any atom is -0.476 e. The summed E-state index contributed by atoms with van der Waals surface area (Å²) in [6.07, 6.45) is 8.77. The Morgan fingerprint density at radius 2 is 1.84 bits per heavy atom. The predicted molar refractivity (Wildman–Crippen MR) is 98.6 cm³/mol. The van der Waals surface area contributed by atoms with Gasteiger partial charge in [-0.1, -0.05) is 12.8 Å². The van der Waals surface area contributed by atoms with Crippen molar-refractivity contribution in [3.63, 3.8) is 0 Å². The van der Waals surface area contributed by atoms with Crippen LogP contribution in [0.4, 0.5) is 10.9 Å². The number of aromatic nitrogens is 4. The molecule has 0 aromatic carbocycles. The molecule has 3 heterocycles. The van der Waals surface area contributed by atoms with E-state index in [1.165, 1.54) is 37.2 Å². The van der Waals surface area contributed by atoms with E-state index in [0.717, 1.165) is 49.6 Å². The quantitative estimate of drug-likeness (QED) is 0.811. The average molecular weight is 360 g/mol. The monoisotopic (exact) mass is 360 g/mol. The fourth-order valence-corrected chi connectivity index (χ4v) is 4.21. The van der Waals surface area contributed by atoms with Crippen molar-refractivity contribution in [2.24, 2.45) is 5.92 Å². The van der Waals surface area contributed by atoms with Gasteiger partial charge in [0.2, 0.25) is 11.0 Å². The van der Waals surface area contributed by atoms with E-state index in [4.69, 9.17) is 4.74 Å². The van der Waals surface area contributed by atoms with Crippen LogP contribution in [0.1, 0.15) is 31.5 Å². The van der Waals surface area contributed by atoms with Crippen LogP contribution >= 0.6 is 11.5 Å². The molecular weight excluding hydrogens is 336 g/mol. The molecule has 2 fully saturated rings. The summed E-state index contributed by atoms with van der Waals surface area (Å²) in [4.78, 5) is 18.0. The van der Waals surface area contributed by atoms with Crippen molar-refractivity contribution in [1.29, 1.82) is 0 Å². The van der Waals surface area contributed by atoms with E-state index >= 15 is 0 Å². The van der Waals surface area contributed by atoms with Gasteiger partial charge in [-0.15, -0.1) is 0 Å². The van der Waals surface area contributed by atoms with Crippen LogP contribution < -0.4 is 14.5 Å². The second kappa shape index (κ2) is 7.51. The van der Waals surface area contributed by atoms with Crippen molar-refractivity contribution in [1.82, 2.24) is 19.3 Å². The number of aryl methyl sites for hydroxylation is 1. The van der Waals surface area contributed by atoms with Gasteiger partial charge in [-0.2, -0.15) is 9.36 Å². The van der Waals surface area contributed by atoms with Crippen molar-refractivity contribution >= 4 is 22.5 Å². The van der Waals surface area contributed by atoms with Gasteiger partial charge in [0.05, 0.1) is 19.0 Å². The average Bonchev–Trinajstić information content (AvgIpc) is 3.32. The second-order valence-corrected chi connectivity index (χ2v) is 7.51. The fourth-order valence-electron chi connectivity index (χ4n) is 3.48. The molecule has 1 saturated heterocycles. The summed E-state index contributed by atoms with van der Waals surface area (Å²) < 4.78 is 10.2. The van der Waals surface area contributed by atoms with Crippen LogP contribution in [0.5, 0.6) is 5.88 Å². The van der Waals surface area contributed by atoms with Gasteiger partial charge in [0, 0.05) is 37.7 Å². The predicted octanol–water partition coefficient (Wildman–Crippen LogP) is 2.53. The van der Waals surface area contributed by atoms with E-state index in [2.05, 4.69) is 29.1 Å². The van der Waals surface area contributed by atoms with Crippen molar-refractivity contribution in [3.8, 4) is 5.88 Å². The Bertz CT molecular complexity index is 694. The van der Waals surface area contributed by atoms with E-state index in [0.29, 0.717) is 11.8 Å². The number of piperazine rings is 1. The lowest BCUT2D eigenvalue weighted by Crippen LogP contribution is -2.46. The minimum atomic E-state index is 0.645. The van der Waals surface area contributed by atoms with Gasteiger partial charge in [-0.05, 0) is 25.7 Å². The molecular formula is C17H24N6OS. The largest absolute Gasteiger partial charge is 0.476 e. The third kappa shape index (κ3) is 4.00. The molecule has 1 saturated carbocycles. The Morgan fingerprint density at radius 3 is 2.56 bits per heavy atom. The molecule has 1 aliphatic carbocycles. The van der Waals surface area contributed by atoms with Crippen LogP contribution in [0.25, 0.3) is 0 Å². The third-order valence-electron chi connectivity index (χ3n) is 4.93. The first-order valence-electron chi connectivity index (χ1n) is 9.03. The smallest absolute Gasteiger partial charge is 0.234 e. The summed E-state index contributed by atoms with van der Waals surface area (Å²) >= 11 is 1.47. The van der Waals surface area contributed by atoms with Crippen LogP contribution in [-0.2, 0) is 0 Å². The molecule has 0 unspecified atom stereocenters. The topological polar surface area (TPSA) is 67.3 Å². The van der Waals surface area contributed by atoms with Crippen molar-refractivity contribution in [2.75, 3.05) is 42.6 Å². The van der Waals surface area contributed by atoms with Crippen molar-refractivity contribution < 1.29 is 4.74 Å². The molecule has 134 valence electrons. The molecule has 0 bridgehead atoms. The second-order valence-electron chi connectivity index (χ2n) is 6.78. The van der Waals surface area contributed by atoms with Crippen LogP contribution in [0.2, 0.25) is 0 Å². The van der Waals surface area contributed by atoms with E-state index in [9.17, 15) is 0 Å². The SMILES string of the molecule is Cc1nsc(N2CCN(c3cncc(OCC4CCCC4)n3)CC2)n1. The van der Waals surface area contributed by atoms with Gasteiger partial charge < -0.3 is 14.5 Å². The van der Waals surface area contributed by atoms with Crippen LogP contribution in [0, 0.1) is 12.8 Å². The Balaban J connectivity index is 1.33. The highest BCUT2D eigenvalue weighted by Crippen LogP contribution is 2.26. The molecule has 0 radical (unpaired) electrons. The van der Waals surface area contributed by atoms with Crippen LogP contribution in [0.3, 0.4) is 0 Å². The number of hydrogen-bond donors (Lipinski definition) is 0. The lowest BCUT2D eigenvalue weighted by atomic mass is 10.1. The third-order valence-corrected chi connectivity index (χ3v) is 5.80. The molecule has 2 aromatic heterocycles. The minimum absolute atomic E-state index is 0.645. The number of rotatable bonds is 5. The summed E-state index contributed by atoms with van der Waals surface area (Å²) in [5.74, 6) is 3.08. The Morgan fingerprint density at radius 1 is 1.08 bits per heavy atom. The highest BCUT2D eigenvalue weighted by atomic mass is 32.1. The standard InChI is InChI=1S/C17H24N6OS/c1-13-19-17(25-21-13)23-8-6-22(7-9-23)15-10-18-11-16(20-15)24-12-14-4-2-3-5-14/h10-11,14H,2-9,12H2,1H3. The molecule has 25 heavy (non-hydrogen) atoms. The summed E-state index contributed by atoms with van der Waals surface area (Å²) in [6, 6.07) is 0. The van der Waals surface area contributed by atoms with E-state index in [1.54, 1.807) is 6.20 Å². The van der Waals surface area contributed by atoms with E-state index in [1.807, 2.05) is 13.1 Å². The first-order chi connectivity index (χ1) is 12.3. The van der Waals surface area contributed by atoms with E-state index in [-0.39, 0.29) is 0 Å². The number of ether oxygens (including phenoxy) is 1. The van der Waals surface area contributed by atoms with Gasteiger partial charge in [0.25, 0.3) is 0 Å². The zero-order valence-corrected chi connectivity index (χ0v) is 15.4. The Hall–Kier alpha value is -1.96. The Labute approximate surface area is 152 Å². The van der Waals surface area contributed by atoms with Crippen molar-refractivity contribution in [2.45, 2.75) is 32.6 Å². The van der Waals surface area contributed by atoms with E-state index < -0.39 is 0 Å². The molecule has 0 atom stereocenters. The molecule has 1 aliphatic heterocycles. The lowest BCUT2D eigenvalue weighted by molar-refractivity contribution is 0.242. The summed E-state index contributed by atoms with van der Waals surface area (Å²) in [5, 5.41) is 1.01. The normalized spacial score (nSPS) is 18.8. The zero-order valence-electron chi connectivity index (χ0n) is 14.6.